The Morgan fingerprint density at radius 2 is 2.24 bits per heavy atom. The highest BCUT2D eigenvalue weighted by Gasteiger charge is 2.35. The Hall–Kier alpha value is -2.24. The third-order valence-electron chi connectivity index (χ3n) is 4.53. The summed E-state index contributed by atoms with van der Waals surface area (Å²) in [7, 11) is 0. The average molecular weight is 285 g/mol. The van der Waals surface area contributed by atoms with Crippen LogP contribution >= 0.6 is 0 Å². The first-order chi connectivity index (χ1) is 10.3. The molecule has 1 fully saturated rings. The highest BCUT2D eigenvalue weighted by molar-refractivity contribution is 5.52. The highest BCUT2D eigenvalue weighted by atomic mass is 19.1. The molecule has 2 aliphatic rings. The van der Waals surface area contributed by atoms with Crippen molar-refractivity contribution in [2.45, 2.75) is 12.8 Å². The Morgan fingerprint density at radius 3 is 2.95 bits per heavy atom. The fourth-order valence-electron chi connectivity index (χ4n) is 3.44. The Bertz CT molecular complexity index is 667. The number of aromatic nitrogens is 4. The summed E-state index contributed by atoms with van der Waals surface area (Å²) in [6, 6.07) is 4.85. The summed E-state index contributed by atoms with van der Waals surface area (Å²) in [6.45, 7) is 0.807. The molecular weight excluding hydrogens is 269 g/mol. The van der Waals surface area contributed by atoms with Gasteiger partial charge in [0.15, 0.2) is 0 Å². The fourth-order valence-corrected chi connectivity index (χ4v) is 3.44. The van der Waals surface area contributed by atoms with Crippen molar-refractivity contribution in [3.63, 3.8) is 0 Å². The van der Waals surface area contributed by atoms with Gasteiger partial charge in [0.2, 0.25) is 0 Å². The molecule has 0 amide bonds. The van der Waals surface area contributed by atoms with Crippen LogP contribution in [0.15, 0.2) is 36.7 Å². The Kier molecular flexibility index (Phi) is 2.94. The van der Waals surface area contributed by atoms with Crippen molar-refractivity contribution in [1.29, 1.82) is 0 Å². The van der Waals surface area contributed by atoms with Crippen LogP contribution in [0.5, 0.6) is 0 Å². The molecule has 2 aliphatic carbocycles. The van der Waals surface area contributed by atoms with E-state index >= 15 is 0 Å². The van der Waals surface area contributed by atoms with E-state index in [1.165, 1.54) is 29.9 Å². The van der Waals surface area contributed by atoms with E-state index in [9.17, 15) is 4.39 Å². The summed E-state index contributed by atoms with van der Waals surface area (Å²) in [4.78, 5) is 0. The molecule has 0 spiro atoms. The molecule has 2 aromatic rings. The third-order valence-corrected chi connectivity index (χ3v) is 4.53. The van der Waals surface area contributed by atoms with Gasteiger partial charge >= 0.3 is 0 Å². The number of fused-ring (bicyclic) bond motifs is 2. The number of hydrogen-bond acceptors (Lipinski definition) is 4. The quantitative estimate of drug-likeness (QED) is 0.877. The predicted octanol–water partition coefficient (Wildman–Crippen LogP) is 2.43. The molecule has 21 heavy (non-hydrogen) atoms. The van der Waals surface area contributed by atoms with Gasteiger partial charge in [-0.15, -0.1) is 5.10 Å². The topological polar surface area (TPSA) is 55.6 Å². The number of tetrazole rings is 1. The molecule has 1 saturated carbocycles. The summed E-state index contributed by atoms with van der Waals surface area (Å²) >= 11 is 0. The molecule has 2 bridgehead atoms. The van der Waals surface area contributed by atoms with Crippen LogP contribution in [0, 0.1) is 23.6 Å². The van der Waals surface area contributed by atoms with Crippen LogP contribution in [0.25, 0.3) is 5.69 Å². The van der Waals surface area contributed by atoms with Crippen molar-refractivity contribution in [3.05, 3.63) is 42.5 Å². The number of nitrogens with one attached hydrogen (secondary N) is 1. The molecule has 6 heteroatoms. The molecule has 3 atom stereocenters. The Labute approximate surface area is 121 Å². The van der Waals surface area contributed by atoms with E-state index in [1.807, 2.05) is 0 Å². The Balaban J connectivity index is 1.49. The minimum atomic E-state index is -0.245. The number of nitrogens with zero attached hydrogens (tertiary/aromatic N) is 4. The van der Waals surface area contributed by atoms with Gasteiger partial charge in [-0.3, -0.25) is 0 Å². The zero-order valence-corrected chi connectivity index (χ0v) is 11.5. The highest BCUT2D eigenvalue weighted by Crippen LogP contribution is 2.43. The number of anilines is 1. The van der Waals surface area contributed by atoms with Gasteiger partial charge in [-0.1, -0.05) is 12.2 Å². The lowest BCUT2D eigenvalue weighted by Crippen LogP contribution is -2.18. The maximum Gasteiger partial charge on any atom is 0.146 e. The second kappa shape index (κ2) is 4.95. The minimum Gasteiger partial charge on any atom is -0.382 e. The summed E-state index contributed by atoms with van der Waals surface area (Å²) in [5.74, 6) is 1.76. The molecule has 3 unspecified atom stereocenters. The lowest BCUT2D eigenvalue weighted by Gasteiger charge is -2.19. The van der Waals surface area contributed by atoms with Crippen LogP contribution in [0.3, 0.4) is 0 Å². The van der Waals surface area contributed by atoms with Crippen molar-refractivity contribution < 1.29 is 4.39 Å². The summed E-state index contributed by atoms with van der Waals surface area (Å²) in [5.41, 5.74) is 1.26. The Morgan fingerprint density at radius 1 is 1.29 bits per heavy atom. The van der Waals surface area contributed by atoms with Crippen LogP contribution < -0.4 is 5.32 Å². The molecule has 1 heterocycles. The molecule has 108 valence electrons. The standard InChI is InChI=1S/C15H16FN5/c16-14-4-3-13(21-9-18-19-20-21)7-15(14)17-8-12-6-10-1-2-11(12)5-10/h1-4,7,9-12,17H,5-6,8H2. The van der Waals surface area contributed by atoms with E-state index in [0.29, 0.717) is 17.5 Å². The average Bonchev–Trinajstić information content (AvgIpc) is 3.23. The lowest BCUT2D eigenvalue weighted by molar-refractivity contribution is 0.470. The number of hydrogen-bond donors (Lipinski definition) is 1. The molecule has 1 aromatic heterocycles. The summed E-state index contributed by atoms with van der Waals surface area (Å²) in [5, 5.41) is 14.3. The SMILES string of the molecule is Fc1ccc(-n2cnnn2)cc1NCC1CC2C=CC1C2. The lowest BCUT2D eigenvalue weighted by atomic mass is 9.93. The number of halogens is 1. The first-order valence-corrected chi connectivity index (χ1v) is 7.25. The van der Waals surface area contributed by atoms with Crippen molar-refractivity contribution in [2.24, 2.45) is 17.8 Å². The summed E-state index contributed by atoms with van der Waals surface area (Å²) < 4.78 is 15.5. The molecular formula is C15H16FN5. The minimum absolute atomic E-state index is 0.245. The van der Waals surface area contributed by atoms with Crippen LogP contribution in [-0.4, -0.2) is 26.8 Å². The largest absolute Gasteiger partial charge is 0.382 e. The molecule has 1 aromatic carbocycles. The molecule has 1 N–H and O–H groups in total. The fraction of sp³-hybridized carbons (Fsp3) is 0.400. The van der Waals surface area contributed by atoms with Crippen LogP contribution in [0.2, 0.25) is 0 Å². The third kappa shape index (κ3) is 2.30. The van der Waals surface area contributed by atoms with Gasteiger partial charge in [-0.05, 0) is 59.2 Å². The van der Waals surface area contributed by atoms with Crippen molar-refractivity contribution in [3.8, 4) is 5.69 Å². The maximum atomic E-state index is 13.9. The second-order valence-corrected chi connectivity index (χ2v) is 5.84. The number of rotatable bonds is 4. The monoisotopic (exact) mass is 285 g/mol. The zero-order chi connectivity index (χ0) is 14.2. The van der Waals surface area contributed by atoms with Gasteiger partial charge in [0.1, 0.15) is 12.1 Å². The number of benzene rings is 1. The first-order valence-electron chi connectivity index (χ1n) is 7.25. The zero-order valence-electron chi connectivity index (χ0n) is 11.5. The van der Waals surface area contributed by atoms with Crippen molar-refractivity contribution >= 4 is 5.69 Å². The molecule has 0 aliphatic heterocycles. The van der Waals surface area contributed by atoms with E-state index in [-0.39, 0.29) is 5.82 Å². The molecule has 5 nitrogen and oxygen atoms in total. The van der Waals surface area contributed by atoms with Gasteiger partial charge < -0.3 is 5.32 Å². The molecule has 0 radical (unpaired) electrons. The van der Waals surface area contributed by atoms with E-state index in [4.69, 9.17) is 0 Å². The normalized spacial score (nSPS) is 26.4. The van der Waals surface area contributed by atoms with Crippen LogP contribution in [0.4, 0.5) is 10.1 Å². The van der Waals surface area contributed by atoms with Gasteiger partial charge in [-0.2, -0.15) is 0 Å². The van der Waals surface area contributed by atoms with E-state index < -0.39 is 0 Å². The smallest absolute Gasteiger partial charge is 0.146 e. The van der Waals surface area contributed by atoms with Gasteiger partial charge in [0, 0.05) is 6.54 Å². The van der Waals surface area contributed by atoms with Gasteiger partial charge in [-0.25, -0.2) is 9.07 Å². The van der Waals surface area contributed by atoms with Crippen molar-refractivity contribution in [2.75, 3.05) is 11.9 Å². The second-order valence-electron chi connectivity index (χ2n) is 5.84. The van der Waals surface area contributed by atoms with Crippen molar-refractivity contribution in [1.82, 2.24) is 20.2 Å². The van der Waals surface area contributed by atoms with Gasteiger partial charge in [0.25, 0.3) is 0 Å². The van der Waals surface area contributed by atoms with Crippen LogP contribution in [-0.2, 0) is 0 Å². The van der Waals surface area contributed by atoms with Gasteiger partial charge in [0.05, 0.1) is 11.4 Å². The van der Waals surface area contributed by atoms with E-state index in [0.717, 1.165) is 18.2 Å². The summed E-state index contributed by atoms with van der Waals surface area (Å²) in [6.07, 6.45) is 8.61. The number of allylic oxidation sites excluding steroid dienone is 2. The van der Waals surface area contributed by atoms with Crippen LogP contribution in [0.1, 0.15) is 12.8 Å². The first kappa shape index (κ1) is 12.5. The predicted molar refractivity (Wildman–Crippen MR) is 76.4 cm³/mol. The van der Waals surface area contributed by atoms with E-state index in [2.05, 4.69) is 33.0 Å². The molecule has 0 saturated heterocycles. The molecule has 4 rings (SSSR count). The van der Waals surface area contributed by atoms with E-state index in [1.54, 1.807) is 12.1 Å². The maximum absolute atomic E-state index is 13.9.